The van der Waals surface area contributed by atoms with Crippen LogP contribution in [0.15, 0.2) is 181 Å². The summed E-state index contributed by atoms with van der Waals surface area (Å²) in [5.41, 5.74) is 2.24. The Balaban J connectivity index is 1.53. The van der Waals surface area contributed by atoms with E-state index in [0.29, 0.717) is 10.6 Å². The quantitative estimate of drug-likeness (QED) is 0.108. The first-order valence-corrected chi connectivity index (χ1v) is 18.7. The third-order valence-electron chi connectivity index (χ3n) is 8.28. The Bertz CT molecular complexity index is 1900. The van der Waals surface area contributed by atoms with Crippen molar-refractivity contribution in [1.29, 1.82) is 0 Å². The third kappa shape index (κ3) is 6.64. The lowest BCUT2D eigenvalue weighted by Gasteiger charge is -2.37. The molecule has 0 bridgehead atoms. The predicted octanol–water partition coefficient (Wildman–Crippen LogP) is 7.62. The summed E-state index contributed by atoms with van der Waals surface area (Å²) in [5.74, 6) is 0. The zero-order valence-electron chi connectivity index (χ0n) is 26.0. The number of aryl methyl sites for hydroxylation is 1. The van der Waals surface area contributed by atoms with Crippen LogP contribution in [0.2, 0.25) is 0 Å². The lowest BCUT2D eigenvalue weighted by atomic mass is 9.80. The predicted molar refractivity (Wildman–Crippen MR) is 190 cm³/mol. The van der Waals surface area contributed by atoms with Crippen LogP contribution in [-0.4, -0.2) is 20.4 Å². The number of benzene rings is 6. The third-order valence-corrected chi connectivity index (χ3v) is 13.1. The van der Waals surface area contributed by atoms with Crippen LogP contribution in [0.25, 0.3) is 0 Å². The second-order valence-corrected chi connectivity index (χ2v) is 16.0. The van der Waals surface area contributed by atoms with Gasteiger partial charge in [0.05, 0.1) is 11.5 Å². The molecule has 0 fully saturated rings. The molecule has 1 atom stereocenters. The average Bonchev–Trinajstić information content (AvgIpc) is 3.13. The molecule has 7 heteroatoms. The molecular weight excluding hydrogens is 621 g/mol. The van der Waals surface area contributed by atoms with Gasteiger partial charge < -0.3 is 4.74 Å². The first kappa shape index (κ1) is 32.4. The van der Waals surface area contributed by atoms with Gasteiger partial charge in [-0.25, -0.2) is 13.5 Å². The number of hydrogen-bond acceptors (Lipinski definition) is 4. The van der Waals surface area contributed by atoms with Crippen LogP contribution in [-0.2, 0) is 24.7 Å². The molecule has 0 aliphatic carbocycles. The topological polar surface area (TPSA) is 72.5 Å². The van der Waals surface area contributed by atoms with E-state index < -0.39 is 28.1 Å². The molecule has 0 saturated carbocycles. The van der Waals surface area contributed by atoms with Crippen LogP contribution in [0, 0.1) is 6.92 Å². The molecule has 5 nitrogen and oxygen atoms in total. The standard InChI is InChI=1S/C40H36NO4PS/c1-32-27-29-38(30-28-32)47(43,44)39(41-46(42,36-23-13-5-14-24-36)37-25-15-6-16-26-37)31-45-40(33-17-7-2-8-18-33,34-19-9-3-10-20-34)35-21-11-4-12-22-35/h2-30,39H,31H2,1H3,(H,41,42). The van der Waals surface area contributed by atoms with Gasteiger partial charge in [0.25, 0.3) is 0 Å². The van der Waals surface area contributed by atoms with Crippen molar-refractivity contribution < 1.29 is 17.7 Å². The Morgan fingerprint density at radius 2 is 0.936 bits per heavy atom. The van der Waals surface area contributed by atoms with Crippen molar-refractivity contribution in [2.45, 2.75) is 22.8 Å². The minimum Gasteiger partial charge on any atom is -0.358 e. The zero-order valence-corrected chi connectivity index (χ0v) is 27.7. The van der Waals surface area contributed by atoms with Crippen molar-refractivity contribution in [2.24, 2.45) is 0 Å². The smallest absolute Gasteiger partial charge is 0.205 e. The molecule has 0 heterocycles. The molecule has 0 aliphatic rings. The van der Waals surface area contributed by atoms with Gasteiger partial charge in [0.1, 0.15) is 11.0 Å². The van der Waals surface area contributed by atoms with Gasteiger partial charge in [-0.15, -0.1) is 0 Å². The largest absolute Gasteiger partial charge is 0.358 e. The van der Waals surface area contributed by atoms with Crippen molar-refractivity contribution >= 4 is 27.7 Å². The van der Waals surface area contributed by atoms with Crippen molar-refractivity contribution in [3.63, 3.8) is 0 Å². The molecular formula is C40H36NO4PS. The fourth-order valence-corrected chi connectivity index (χ4v) is 10.2. The second-order valence-electron chi connectivity index (χ2n) is 11.3. The molecule has 47 heavy (non-hydrogen) atoms. The average molecular weight is 658 g/mol. The molecule has 1 N–H and O–H groups in total. The van der Waals surface area contributed by atoms with E-state index >= 15 is 4.57 Å². The monoisotopic (exact) mass is 657 g/mol. The van der Waals surface area contributed by atoms with Gasteiger partial charge in [0, 0.05) is 10.6 Å². The molecule has 236 valence electrons. The number of rotatable bonds is 12. The Morgan fingerprint density at radius 3 is 1.32 bits per heavy atom. The van der Waals surface area contributed by atoms with Crippen LogP contribution < -0.4 is 15.7 Å². The van der Waals surface area contributed by atoms with E-state index in [1.165, 1.54) is 0 Å². The van der Waals surface area contributed by atoms with E-state index in [-0.39, 0.29) is 11.5 Å². The summed E-state index contributed by atoms with van der Waals surface area (Å²) < 4.78 is 51.6. The van der Waals surface area contributed by atoms with Gasteiger partial charge >= 0.3 is 0 Å². The summed E-state index contributed by atoms with van der Waals surface area (Å²) in [6, 6.07) is 54.0. The Morgan fingerprint density at radius 1 is 0.574 bits per heavy atom. The maximum absolute atomic E-state index is 15.3. The number of hydrogen-bond donors (Lipinski definition) is 1. The number of nitrogens with one attached hydrogen (secondary N) is 1. The summed E-state index contributed by atoms with van der Waals surface area (Å²) in [6.45, 7) is 1.58. The van der Waals surface area contributed by atoms with Crippen molar-refractivity contribution in [3.8, 4) is 0 Å². The molecule has 0 spiro atoms. The maximum atomic E-state index is 15.3. The minimum atomic E-state index is -4.14. The van der Waals surface area contributed by atoms with E-state index in [1.54, 1.807) is 72.8 Å². The van der Waals surface area contributed by atoms with Crippen LogP contribution in [0.1, 0.15) is 22.3 Å². The molecule has 0 saturated heterocycles. The van der Waals surface area contributed by atoms with E-state index in [1.807, 2.05) is 110 Å². The minimum absolute atomic E-state index is 0.113. The van der Waals surface area contributed by atoms with Crippen LogP contribution in [0.4, 0.5) is 0 Å². The molecule has 0 radical (unpaired) electrons. The van der Waals surface area contributed by atoms with Crippen molar-refractivity contribution in [3.05, 3.63) is 198 Å². The van der Waals surface area contributed by atoms with E-state index in [4.69, 9.17) is 4.74 Å². The lowest BCUT2D eigenvalue weighted by Crippen LogP contribution is -2.45. The normalized spacial score (nSPS) is 12.8. The SMILES string of the molecule is Cc1ccc(S(=O)(=O)C(COC(c2ccccc2)(c2ccccc2)c2ccccc2)NP(=O)(c2ccccc2)c2ccccc2)cc1. The first-order chi connectivity index (χ1) is 22.8. The summed E-state index contributed by atoms with van der Waals surface area (Å²) in [5, 5.41) is 2.78. The number of sulfone groups is 1. The lowest BCUT2D eigenvalue weighted by molar-refractivity contribution is 0.0119. The number of ether oxygens (including phenoxy) is 1. The van der Waals surface area contributed by atoms with Crippen LogP contribution in [0.3, 0.4) is 0 Å². The van der Waals surface area contributed by atoms with Gasteiger partial charge in [-0.3, -0.25) is 4.57 Å². The summed E-state index contributed by atoms with van der Waals surface area (Å²) in [4.78, 5) is 0.113. The van der Waals surface area contributed by atoms with Gasteiger partial charge in [0.2, 0.25) is 7.29 Å². The molecule has 0 amide bonds. The van der Waals surface area contributed by atoms with E-state index in [9.17, 15) is 8.42 Å². The van der Waals surface area contributed by atoms with Gasteiger partial charge in [-0.2, -0.15) is 0 Å². The van der Waals surface area contributed by atoms with Crippen LogP contribution >= 0.6 is 7.29 Å². The van der Waals surface area contributed by atoms with E-state index in [2.05, 4.69) is 5.09 Å². The highest BCUT2D eigenvalue weighted by Gasteiger charge is 2.42. The van der Waals surface area contributed by atoms with Crippen molar-refractivity contribution in [1.82, 2.24) is 5.09 Å². The molecule has 0 aliphatic heterocycles. The highest BCUT2D eigenvalue weighted by molar-refractivity contribution is 7.92. The maximum Gasteiger partial charge on any atom is 0.205 e. The second kappa shape index (κ2) is 14.0. The Hall–Kier alpha value is -4.58. The summed E-state index contributed by atoms with van der Waals surface area (Å²) in [6.07, 6.45) is 0. The summed E-state index contributed by atoms with van der Waals surface area (Å²) >= 11 is 0. The fourth-order valence-electron chi connectivity index (χ4n) is 5.83. The molecule has 6 aromatic rings. The van der Waals surface area contributed by atoms with E-state index in [0.717, 1.165) is 22.3 Å². The highest BCUT2D eigenvalue weighted by atomic mass is 32.2. The molecule has 1 unspecified atom stereocenters. The Labute approximate surface area is 277 Å². The zero-order chi connectivity index (χ0) is 32.7. The van der Waals surface area contributed by atoms with Gasteiger partial charge in [-0.1, -0.05) is 145 Å². The Kier molecular flexibility index (Phi) is 9.67. The molecule has 6 aromatic carbocycles. The van der Waals surface area contributed by atoms with Gasteiger partial charge in [-0.05, 0) is 60.0 Å². The molecule has 0 aromatic heterocycles. The first-order valence-electron chi connectivity index (χ1n) is 15.4. The van der Waals surface area contributed by atoms with Gasteiger partial charge in [0.15, 0.2) is 9.84 Å². The molecule has 6 rings (SSSR count). The van der Waals surface area contributed by atoms with Crippen molar-refractivity contribution in [2.75, 3.05) is 6.61 Å². The summed E-state index contributed by atoms with van der Waals surface area (Å²) in [7, 11) is -7.86. The highest BCUT2D eigenvalue weighted by Crippen LogP contribution is 2.43. The van der Waals surface area contributed by atoms with Crippen LogP contribution in [0.5, 0.6) is 0 Å². The fraction of sp³-hybridized carbons (Fsp3) is 0.100.